The van der Waals surface area contributed by atoms with Gasteiger partial charge in [0.15, 0.2) is 5.65 Å². The molecule has 0 aliphatic carbocycles. The van der Waals surface area contributed by atoms with Gasteiger partial charge in [-0.25, -0.2) is 13.8 Å². The van der Waals surface area contributed by atoms with Gasteiger partial charge in [0, 0.05) is 0 Å². The van der Waals surface area contributed by atoms with E-state index in [9.17, 15) is 8.78 Å². The van der Waals surface area contributed by atoms with Crippen LogP contribution < -0.4 is 0 Å². The van der Waals surface area contributed by atoms with Gasteiger partial charge in [-0.3, -0.25) is 5.10 Å². The summed E-state index contributed by atoms with van der Waals surface area (Å²) in [7, 11) is 0. The fourth-order valence-electron chi connectivity index (χ4n) is 1.00. The van der Waals surface area contributed by atoms with Crippen LogP contribution in [0.15, 0.2) is 12.1 Å². The molecule has 6 heteroatoms. The highest BCUT2D eigenvalue weighted by Gasteiger charge is 2.11. The van der Waals surface area contributed by atoms with Crippen molar-refractivity contribution in [2.45, 2.75) is 6.43 Å². The number of H-pyrrole nitrogens is 1. The van der Waals surface area contributed by atoms with Crippen LogP contribution in [0.3, 0.4) is 0 Å². The lowest BCUT2D eigenvalue weighted by Crippen LogP contribution is -1.89. The van der Waals surface area contributed by atoms with Gasteiger partial charge in [0.05, 0.1) is 5.39 Å². The molecule has 1 N–H and O–H groups in total. The monoisotopic (exact) mass is 295 g/mol. The molecule has 0 saturated carbocycles. The molecule has 0 unspecified atom stereocenters. The smallest absolute Gasteiger partial charge is 0.269 e. The summed E-state index contributed by atoms with van der Waals surface area (Å²) in [6.07, 6.45) is -2.54. The lowest BCUT2D eigenvalue weighted by Gasteiger charge is -1.96. The number of rotatable bonds is 1. The summed E-state index contributed by atoms with van der Waals surface area (Å²) < 4.78 is 25.2. The first kappa shape index (κ1) is 8.79. The Morgan fingerprint density at radius 3 is 2.85 bits per heavy atom. The van der Waals surface area contributed by atoms with Crippen molar-refractivity contribution >= 4 is 33.6 Å². The van der Waals surface area contributed by atoms with Crippen molar-refractivity contribution in [1.29, 1.82) is 0 Å². The zero-order valence-corrected chi connectivity index (χ0v) is 8.42. The molecule has 0 saturated heterocycles. The van der Waals surface area contributed by atoms with Gasteiger partial charge in [-0.2, -0.15) is 5.10 Å². The van der Waals surface area contributed by atoms with Crippen molar-refractivity contribution in [3.8, 4) is 0 Å². The van der Waals surface area contributed by atoms with Crippen LogP contribution in [0.1, 0.15) is 12.1 Å². The van der Waals surface area contributed by atoms with Crippen molar-refractivity contribution in [1.82, 2.24) is 15.2 Å². The molecule has 0 atom stereocenters. The van der Waals surface area contributed by atoms with E-state index in [-0.39, 0.29) is 5.69 Å². The van der Waals surface area contributed by atoms with Gasteiger partial charge in [0.1, 0.15) is 9.39 Å². The summed E-state index contributed by atoms with van der Waals surface area (Å²) in [5.41, 5.74) is 0.0950. The fourth-order valence-corrected chi connectivity index (χ4v) is 1.54. The highest BCUT2D eigenvalue weighted by molar-refractivity contribution is 14.1. The zero-order valence-electron chi connectivity index (χ0n) is 6.26. The van der Waals surface area contributed by atoms with Crippen LogP contribution in [0.4, 0.5) is 8.78 Å². The van der Waals surface area contributed by atoms with E-state index in [1.807, 2.05) is 22.6 Å². The Bertz CT molecular complexity index is 440. The number of halogens is 3. The van der Waals surface area contributed by atoms with Crippen LogP contribution in [-0.4, -0.2) is 15.2 Å². The molecule has 2 heterocycles. The fraction of sp³-hybridized carbons (Fsp3) is 0.143. The van der Waals surface area contributed by atoms with E-state index in [1.165, 1.54) is 6.07 Å². The van der Waals surface area contributed by atoms with E-state index >= 15 is 0 Å². The largest absolute Gasteiger partial charge is 0.280 e. The minimum absolute atomic E-state index is 0.240. The van der Waals surface area contributed by atoms with Crippen molar-refractivity contribution in [2.24, 2.45) is 0 Å². The van der Waals surface area contributed by atoms with Gasteiger partial charge in [-0.05, 0) is 34.7 Å². The number of aromatic amines is 1. The number of alkyl halides is 2. The number of fused-ring (bicyclic) bond motifs is 1. The molecule has 0 aliphatic rings. The first-order valence-electron chi connectivity index (χ1n) is 3.47. The summed E-state index contributed by atoms with van der Waals surface area (Å²) in [5.74, 6) is 0. The molecule has 0 spiro atoms. The predicted octanol–water partition coefficient (Wildman–Crippen LogP) is 2.50. The number of aromatic nitrogens is 3. The third kappa shape index (κ3) is 1.50. The average molecular weight is 295 g/mol. The molecule has 2 aromatic heterocycles. The Morgan fingerprint density at radius 2 is 2.15 bits per heavy atom. The van der Waals surface area contributed by atoms with Crippen molar-refractivity contribution in [3.05, 3.63) is 21.5 Å². The third-order valence-electron chi connectivity index (χ3n) is 1.62. The second-order valence-corrected chi connectivity index (χ2v) is 3.52. The number of nitrogens with one attached hydrogen (secondary N) is 1. The van der Waals surface area contributed by atoms with Gasteiger partial charge in [0.25, 0.3) is 6.43 Å². The summed E-state index contributed by atoms with van der Waals surface area (Å²) in [5, 5.41) is 7.22. The van der Waals surface area contributed by atoms with Gasteiger partial charge in [0.2, 0.25) is 0 Å². The Morgan fingerprint density at radius 1 is 1.38 bits per heavy atom. The highest BCUT2D eigenvalue weighted by atomic mass is 127. The lowest BCUT2D eigenvalue weighted by atomic mass is 10.3. The van der Waals surface area contributed by atoms with Crippen LogP contribution in [0.2, 0.25) is 0 Å². The van der Waals surface area contributed by atoms with Crippen molar-refractivity contribution in [3.63, 3.8) is 0 Å². The van der Waals surface area contributed by atoms with Crippen LogP contribution in [-0.2, 0) is 0 Å². The Hall–Kier alpha value is -0.790. The van der Waals surface area contributed by atoms with Gasteiger partial charge < -0.3 is 0 Å². The molecular weight excluding hydrogens is 291 g/mol. The minimum Gasteiger partial charge on any atom is -0.269 e. The van der Waals surface area contributed by atoms with Crippen LogP contribution in [0.5, 0.6) is 0 Å². The summed E-state index contributed by atoms with van der Waals surface area (Å²) in [6.45, 7) is 0. The molecule has 0 radical (unpaired) electrons. The van der Waals surface area contributed by atoms with E-state index in [0.717, 1.165) is 9.09 Å². The van der Waals surface area contributed by atoms with Crippen LogP contribution >= 0.6 is 22.6 Å². The molecular formula is C7H4F2IN3. The van der Waals surface area contributed by atoms with Crippen LogP contribution in [0, 0.1) is 3.70 Å². The molecule has 0 aliphatic heterocycles. The third-order valence-corrected chi connectivity index (χ3v) is 2.44. The maximum atomic E-state index is 12.2. The molecule has 0 aromatic carbocycles. The maximum Gasteiger partial charge on any atom is 0.280 e. The zero-order chi connectivity index (χ0) is 9.42. The summed E-state index contributed by atoms with van der Waals surface area (Å²) in [4.78, 5) is 3.70. The first-order chi connectivity index (χ1) is 6.18. The number of nitrogens with zero attached hydrogens (tertiary/aromatic N) is 2. The van der Waals surface area contributed by atoms with E-state index in [4.69, 9.17) is 0 Å². The predicted molar refractivity (Wildman–Crippen MR) is 51.6 cm³/mol. The SMILES string of the molecule is FC(F)c1ccc2c(I)[nH]nc2n1. The number of hydrogen-bond acceptors (Lipinski definition) is 2. The Balaban J connectivity index is 2.63. The van der Waals surface area contributed by atoms with E-state index in [2.05, 4.69) is 15.2 Å². The Kier molecular flexibility index (Phi) is 2.14. The standard InChI is InChI=1S/C7H4F2IN3/c8-5(9)4-2-1-3-6(10)12-13-7(3)11-4/h1-2,5H,(H,11,12,13). The molecule has 0 amide bonds. The van der Waals surface area contributed by atoms with Gasteiger partial charge >= 0.3 is 0 Å². The number of pyridine rings is 1. The quantitative estimate of drug-likeness (QED) is 0.821. The normalized spacial score (nSPS) is 11.4. The molecule has 0 fully saturated rings. The minimum atomic E-state index is -2.54. The molecule has 2 rings (SSSR count). The van der Waals surface area contributed by atoms with Crippen LogP contribution in [0.25, 0.3) is 11.0 Å². The molecule has 68 valence electrons. The van der Waals surface area contributed by atoms with Gasteiger partial charge in [-0.15, -0.1) is 0 Å². The topological polar surface area (TPSA) is 41.6 Å². The Labute approximate surface area is 85.7 Å². The van der Waals surface area contributed by atoms with Crippen molar-refractivity contribution in [2.75, 3.05) is 0 Å². The molecule has 3 nitrogen and oxygen atoms in total. The molecule has 2 aromatic rings. The highest BCUT2D eigenvalue weighted by Crippen LogP contribution is 2.21. The number of hydrogen-bond donors (Lipinski definition) is 1. The van der Waals surface area contributed by atoms with E-state index in [1.54, 1.807) is 6.07 Å². The second-order valence-electron chi connectivity index (χ2n) is 2.45. The first-order valence-corrected chi connectivity index (χ1v) is 4.55. The lowest BCUT2D eigenvalue weighted by molar-refractivity contribution is 0.146. The van der Waals surface area contributed by atoms with E-state index in [0.29, 0.717) is 5.65 Å². The van der Waals surface area contributed by atoms with Crippen molar-refractivity contribution < 1.29 is 8.78 Å². The maximum absolute atomic E-state index is 12.2. The van der Waals surface area contributed by atoms with E-state index < -0.39 is 6.43 Å². The second kappa shape index (κ2) is 3.17. The van der Waals surface area contributed by atoms with Gasteiger partial charge in [-0.1, -0.05) is 0 Å². The summed E-state index contributed by atoms with van der Waals surface area (Å²) >= 11 is 2.04. The molecule has 13 heavy (non-hydrogen) atoms. The molecule has 0 bridgehead atoms. The average Bonchev–Trinajstić information content (AvgIpc) is 2.47. The summed E-state index contributed by atoms with van der Waals surface area (Å²) in [6, 6.07) is 2.90.